The average Bonchev–Trinajstić information content (AvgIpc) is 2.76. The Morgan fingerprint density at radius 1 is 0.875 bits per heavy atom. The zero-order valence-electron chi connectivity index (χ0n) is 18.5. The summed E-state index contributed by atoms with van der Waals surface area (Å²) in [5.74, 6) is 0.0511. The van der Waals surface area contributed by atoms with Gasteiger partial charge in [0.15, 0.2) is 34.6 Å². The molecule has 0 aromatic heterocycles. The number of carbonyl (C=O) groups is 2. The summed E-state index contributed by atoms with van der Waals surface area (Å²) >= 11 is 0. The number of rotatable bonds is 12. The van der Waals surface area contributed by atoms with Gasteiger partial charge in [0.05, 0.1) is 20.1 Å². The van der Waals surface area contributed by atoms with Gasteiger partial charge in [0.1, 0.15) is 0 Å². The number of benzene rings is 2. The van der Waals surface area contributed by atoms with Gasteiger partial charge in [0.2, 0.25) is 0 Å². The molecule has 2 aromatic carbocycles. The molecule has 0 spiro atoms. The first-order chi connectivity index (χ1) is 14.9. The molecule has 7 heteroatoms. The molecule has 7 nitrogen and oxygen atoms in total. The summed E-state index contributed by atoms with van der Waals surface area (Å²) in [6.07, 6.45) is 8.57. The number of unbranched alkanes of at least 4 members (excludes halogenated alkanes) is 2. The van der Waals surface area contributed by atoms with Crippen molar-refractivity contribution in [2.24, 2.45) is 0 Å². The lowest BCUT2D eigenvalue weighted by atomic mass is 10.1. The van der Waals surface area contributed by atoms with Crippen LogP contribution in [0, 0.1) is 0 Å². The van der Waals surface area contributed by atoms with E-state index in [-0.39, 0.29) is 35.6 Å². The SMILES string of the molecule is CCCCCOc1cc(/C=C/C(=O)CC(=O)/C=C/c2ccc(O)c(OC)c2)ccc1O.N. The van der Waals surface area contributed by atoms with Crippen LogP contribution < -0.4 is 15.6 Å². The van der Waals surface area contributed by atoms with Gasteiger partial charge in [-0.05, 0) is 54.0 Å². The molecule has 0 amide bonds. The fourth-order valence-electron chi connectivity index (χ4n) is 2.75. The molecule has 172 valence electrons. The maximum absolute atomic E-state index is 12.1. The van der Waals surface area contributed by atoms with Crippen molar-refractivity contribution in [2.75, 3.05) is 13.7 Å². The predicted molar refractivity (Wildman–Crippen MR) is 126 cm³/mol. The summed E-state index contributed by atoms with van der Waals surface area (Å²) in [6, 6.07) is 9.53. The van der Waals surface area contributed by atoms with E-state index in [9.17, 15) is 19.8 Å². The largest absolute Gasteiger partial charge is 0.504 e. The Balaban J connectivity index is 0.00000512. The van der Waals surface area contributed by atoms with Crippen LogP contribution in [0.25, 0.3) is 12.2 Å². The van der Waals surface area contributed by atoms with Crippen molar-refractivity contribution >= 4 is 23.7 Å². The number of allylic oxidation sites excluding steroid dienone is 2. The zero-order chi connectivity index (χ0) is 22.6. The van der Waals surface area contributed by atoms with Crippen molar-refractivity contribution in [2.45, 2.75) is 32.6 Å². The predicted octanol–water partition coefficient (Wildman–Crippen LogP) is 5.09. The third-order valence-electron chi connectivity index (χ3n) is 4.46. The van der Waals surface area contributed by atoms with E-state index < -0.39 is 0 Å². The van der Waals surface area contributed by atoms with E-state index in [0.29, 0.717) is 29.2 Å². The van der Waals surface area contributed by atoms with E-state index in [2.05, 4.69) is 6.92 Å². The van der Waals surface area contributed by atoms with Crippen molar-refractivity contribution in [3.8, 4) is 23.0 Å². The third-order valence-corrected chi connectivity index (χ3v) is 4.46. The molecule has 0 radical (unpaired) electrons. The van der Waals surface area contributed by atoms with Gasteiger partial charge in [-0.25, -0.2) is 0 Å². The molecule has 2 aromatic rings. The molecule has 2 rings (SSSR count). The zero-order valence-corrected chi connectivity index (χ0v) is 18.5. The molecule has 0 saturated heterocycles. The van der Waals surface area contributed by atoms with Crippen LogP contribution >= 0.6 is 0 Å². The number of methoxy groups -OCH3 is 1. The minimum atomic E-state index is -0.340. The van der Waals surface area contributed by atoms with Gasteiger partial charge in [-0.3, -0.25) is 9.59 Å². The topological polar surface area (TPSA) is 128 Å². The molecular weight excluding hydrogens is 410 g/mol. The van der Waals surface area contributed by atoms with Gasteiger partial charge < -0.3 is 25.8 Å². The molecule has 0 heterocycles. The van der Waals surface area contributed by atoms with Crippen LogP contribution in [0.5, 0.6) is 23.0 Å². The fraction of sp³-hybridized carbons (Fsp3) is 0.280. The normalized spacial score (nSPS) is 10.8. The van der Waals surface area contributed by atoms with Crippen LogP contribution in [-0.2, 0) is 9.59 Å². The highest BCUT2D eigenvalue weighted by Crippen LogP contribution is 2.28. The van der Waals surface area contributed by atoms with Crippen molar-refractivity contribution in [3.63, 3.8) is 0 Å². The Labute approximate surface area is 188 Å². The number of ether oxygens (including phenoxy) is 2. The summed E-state index contributed by atoms with van der Waals surface area (Å²) in [7, 11) is 1.44. The van der Waals surface area contributed by atoms with Crippen LogP contribution in [0.3, 0.4) is 0 Å². The molecule has 32 heavy (non-hydrogen) atoms. The quantitative estimate of drug-likeness (QED) is 0.238. The molecule has 5 N–H and O–H groups in total. The van der Waals surface area contributed by atoms with Crippen LogP contribution in [0.2, 0.25) is 0 Å². The number of phenolic OH excluding ortho intramolecular Hbond substituents is 2. The van der Waals surface area contributed by atoms with Gasteiger partial charge in [-0.1, -0.05) is 44.1 Å². The van der Waals surface area contributed by atoms with Crippen LogP contribution in [-0.4, -0.2) is 35.5 Å². The molecule has 0 saturated carbocycles. The first kappa shape index (κ1) is 26.5. The summed E-state index contributed by atoms with van der Waals surface area (Å²) in [5.41, 5.74) is 1.36. The average molecular weight is 442 g/mol. The Morgan fingerprint density at radius 2 is 1.41 bits per heavy atom. The number of hydrogen-bond acceptors (Lipinski definition) is 7. The number of phenols is 2. The van der Waals surface area contributed by atoms with Crippen LogP contribution in [0.4, 0.5) is 0 Å². The lowest BCUT2D eigenvalue weighted by Gasteiger charge is -2.08. The van der Waals surface area contributed by atoms with Gasteiger partial charge >= 0.3 is 0 Å². The second-order valence-corrected chi connectivity index (χ2v) is 6.99. The summed E-state index contributed by atoms with van der Waals surface area (Å²) in [6.45, 7) is 2.62. The molecule has 0 aliphatic rings. The molecule has 0 unspecified atom stereocenters. The first-order valence-electron chi connectivity index (χ1n) is 10.2. The third kappa shape index (κ3) is 8.65. The van der Waals surface area contributed by atoms with E-state index in [0.717, 1.165) is 19.3 Å². The Bertz CT molecular complexity index is 965. The van der Waals surface area contributed by atoms with Gasteiger partial charge in [0, 0.05) is 0 Å². The van der Waals surface area contributed by atoms with Crippen LogP contribution in [0.15, 0.2) is 48.6 Å². The van der Waals surface area contributed by atoms with Gasteiger partial charge in [-0.2, -0.15) is 0 Å². The van der Waals surface area contributed by atoms with E-state index in [1.165, 1.54) is 31.4 Å². The Kier molecular flexibility index (Phi) is 11.3. The first-order valence-corrected chi connectivity index (χ1v) is 10.2. The summed E-state index contributed by atoms with van der Waals surface area (Å²) in [5, 5.41) is 19.5. The van der Waals surface area contributed by atoms with E-state index in [4.69, 9.17) is 9.47 Å². The monoisotopic (exact) mass is 441 g/mol. The highest BCUT2D eigenvalue weighted by molar-refractivity contribution is 6.10. The smallest absolute Gasteiger partial charge is 0.163 e. The molecule has 0 aliphatic heterocycles. The van der Waals surface area contributed by atoms with Crippen molar-refractivity contribution in [3.05, 3.63) is 59.7 Å². The summed E-state index contributed by atoms with van der Waals surface area (Å²) < 4.78 is 10.6. The van der Waals surface area contributed by atoms with Crippen molar-refractivity contribution in [1.29, 1.82) is 0 Å². The number of ketones is 2. The molecule has 0 bridgehead atoms. The minimum Gasteiger partial charge on any atom is -0.504 e. The fourth-order valence-corrected chi connectivity index (χ4v) is 2.75. The number of carbonyl (C=O) groups excluding carboxylic acids is 2. The Hall–Kier alpha value is -3.58. The van der Waals surface area contributed by atoms with E-state index in [1.54, 1.807) is 36.4 Å². The molecule has 0 atom stereocenters. The van der Waals surface area contributed by atoms with Crippen LogP contribution in [0.1, 0.15) is 43.7 Å². The minimum absolute atomic E-state index is 0. The van der Waals surface area contributed by atoms with E-state index >= 15 is 0 Å². The van der Waals surface area contributed by atoms with Crippen molar-refractivity contribution in [1.82, 2.24) is 6.15 Å². The number of hydrogen-bond donors (Lipinski definition) is 3. The molecule has 0 fully saturated rings. The van der Waals surface area contributed by atoms with E-state index in [1.807, 2.05) is 0 Å². The highest BCUT2D eigenvalue weighted by atomic mass is 16.5. The second kappa shape index (κ2) is 13.7. The molecule has 0 aliphatic carbocycles. The van der Waals surface area contributed by atoms with Crippen molar-refractivity contribution < 1.29 is 29.3 Å². The lowest BCUT2D eigenvalue weighted by Crippen LogP contribution is -2.02. The second-order valence-electron chi connectivity index (χ2n) is 6.99. The summed E-state index contributed by atoms with van der Waals surface area (Å²) in [4.78, 5) is 24.2. The number of aromatic hydroxyl groups is 2. The Morgan fingerprint density at radius 3 is 1.94 bits per heavy atom. The van der Waals surface area contributed by atoms with Gasteiger partial charge in [-0.15, -0.1) is 0 Å². The maximum Gasteiger partial charge on any atom is 0.163 e. The maximum atomic E-state index is 12.1. The highest BCUT2D eigenvalue weighted by Gasteiger charge is 2.06. The lowest BCUT2D eigenvalue weighted by molar-refractivity contribution is -0.121. The molecular formula is C25H31NO6. The van der Waals surface area contributed by atoms with Gasteiger partial charge in [0.25, 0.3) is 0 Å². The standard InChI is InChI=1S/C25H28O6.H3N/c1-3-4-5-14-31-25-16-19(9-13-23(25)29)7-11-21(27)17-20(26)10-6-18-8-12-22(28)24(15-18)30-2;/h6-13,15-16,28-29H,3-5,14,17H2,1-2H3;1H3/b10-6+,11-7+;.